The fourth-order valence-electron chi connectivity index (χ4n) is 2.04. The van der Waals surface area contributed by atoms with E-state index in [9.17, 15) is 0 Å². The largest absolute Gasteiger partial charge is 0.248 e. The van der Waals surface area contributed by atoms with Crippen molar-refractivity contribution in [1.82, 2.24) is 14.8 Å². The number of benzene rings is 2. The molecule has 0 aliphatic carbocycles. The van der Waals surface area contributed by atoms with E-state index in [0.29, 0.717) is 0 Å². The highest BCUT2D eigenvalue weighted by molar-refractivity contribution is 5.53. The average Bonchev–Trinajstić information content (AvgIpc) is 2.97. The first-order chi connectivity index (χ1) is 9.85. The highest BCUT2D eigenvalue weighted by atomic mass is 15.3. The van der Waals surface area contributed by atoms with E-state index in [-0.39, 0.29) is 0 Å². The highest BCUT2D eigenvalue weighted by Crippen LogP contribution is 2.13. The lowest BCUT2D eigenvalue weighted by molar-refractivity contribution is 0.687. The van der Waals surface area contributed by atoms with Crippen LogP contribution in [0.15, 0.2) is 67.5 Å². The number of hydrogen-bond donors (Lipinski definition) is 0. The summed E-state index contributed by atoms with van der Waals surface area (Å²) in [5.41, 5.74) is 3.35. The average molecular weight is 261 g/mol. The number of nitrogens with zero attached hydrogens (tertiary/aromatic N) is 3. The predicted octanol–water partition coefficient (Wildman–Crippen LogP) is 3.64. The summed E-state index contributed by atoms with van der Waals surface area (Å²) in [6, 6.07) is 18.3. The van der Waals surface area contributed by atoms with Gasteiger partial charge in [0.2, 0.25) is 0 Å². The molecule has 0 unspecified atom stereocenters. The molecule has 1 heterocycles. The van der Waals surface area contributed by atoms with E-state index in [2.05, 4.69) is 40.9 Å². The molecule has 2 aromatic carbocycles. The molecule has 3 rings (SSSR count). The van der Waals surface area contributed by atoms with Crippen LogP contribution in [0.4, 0.5) is 0 Å². The van der Waals surface area contributed by atoms with E-state index < -0.39 is 0 Å². The summed E-state index contributed by atoms with van der Waals surface area (Å²) < 4.78 is 1.85. The Morgan fingerprint density at radius 1 is 1.00 bits per heavy atom. The molecule has 0 N–H and O–H groups in total. The first-order valence-electron chi connectivity index (χ1n) is 6.51. The molecule has 1 aromatic heterocycles. The second-order valence-electron chi connectivity index (χ2n) is 4.58. The van der Waals surface area contributed by atoms with Gasteiger partial charge in [-0.25, -0.2) is 9.67 Å². The highest BCUT2D eigenvalue weighted by Gasteiger charge is 2.03. The topological polar surface area (TPSA) is 30.7 Å². The first kappa shape index (κ1) is 12.4. The van der Waals surface area contributed by atoms with Crippen LogP contribution in [0.1, 0.15) is 11.1 Å². The third-order valence-electron chi connectivity index (χ3n) is 3.13. The zero-order chi connectivity index (χ0) is 13.8. The summed E-state index contributed by atoms with van der Waals surface area (Å²) in [6.07, 6.45) is 3.61. The molecule has 98 valence electrons. The maximum absolute atomic E-state index is 4.50. The van der Waals surface area contributed by atoms with Crippen molar-refractivity contribution < 1.29 is 0 Å². The number of rotatable bonds is 4. The van der Waals surface area contributed by atoms with Gasteiger partial charge in [-0.3, -0.25) is 0 Å². The van der Waals surface area contributed by atoms with Crippen LogP contribution in [0, 0.1) is 0 Å². The Hall–Kier alpha value is -2.68. The van der Waals surface area contributed by atoms with Crippen LogP contribution in [0.25, 0.3) is 17.5 Å². The molecule has 0 aliphatic rings. The molecule has 0 aliphatic heterocycles. The van der Waals surface area contributed by atoms with Gasteiger partial charge in [0.05, 0.1) is 6.54 Å². The van der Waals surface area contributed by atoms with E-state index >= 15 is 0 Å². The third-order valence-corrected chi connectivity index (χ3v) is 3.13. The maximum atomic E-state index is 4.50. The van der Waals surface area contributed by atoms with Crippen LogP contribution in [-0.4, -0.2) is 14.8 Å². The van der Waals surface area contributed by atoms with E-state index in [0.717, 1.165) is 23.5 Å². The summed E-state index contributed by atoms with van der Waals surface area (Å²) in [5.74, 6) is 0.758. The quantitative estimate of drug-likeness (QED) is 0.718. The standard InChI is InChI=1S/C17H15N3/c1-2-14-8-10-15(11-9-14)12-20-13-18-17(19-20)16-6-4-3-5-7-16/h2-11,13H,1,12H2. The van der Waals surface area contributed by atoms with Crippen molar-refractivity contribution >= 4 is 6.08 Å². The normalized spacial score (nSPS) is 10.4. The molecule has 3 nitrogen and oxygen atoms in total. The summed E-state index contributed by atoms with van der Waals surface area (Å²) >= 11 is 0. The van der Waals surface area contributed by atoms with Crippen LogP contribution >= 0.6 is 0 Å². The van der Waals surface area contributed by atoms with Crippen molar-refractivity contribution in [3.63, 3.8) is 0 Å². The third kappa shape index (κ3) is 2.67. The molecule has 0 atom stereocenters. The summed E-state index contributed by atoms with van der Waals surface area (Å²) in [7, 11) is 0. The van der Waals surface area contributed by atoms with Crippen LogP contribution in [-0.2, 0) is 6.54 Å². The number of hydrogen-bond acceptors (Lipinski definition) is 2. The molecule has 0 amide bonds. The monoisotopic (exact) mass is 261 g/mol. The molecule has 0 spiro atoms. The SMILES string of the molecule is C=Cc1ccc(Cn2cnc(-c3ccccc3)n2)cc1. The van der Waals surface area contributed by atoms with Gasteiger partial charge in [-0.15, -0.1) is 0 Å². The van der Waals surface area contributed by atoms with Crippen molar-refractivity contribution in [2.45, 2.75) is 6.54 Å². The van der Waals surface area contributed by atoms with Crippen molar-refractivity contribution in [2.75, 3.05) is 0 Å². The predicted molar refractivity (Wildman–Crippen MR) is 81.1 cm³/mol. The Morgan fingerprint density at radius 2 is 1.75 bits per heavy atom. The fraction of sp³-hybridized carbons (Fsp3) is 0.0588. The van der Waals surface area contributed by atoms with Crippen LogP contribution in [0.3, 0.4) is 0 Å². The fourth-order valence-corrected chi connectivity index (χ4v) is 2.04. The van der Waals surface area contributed by atoms with Gasteiger partial charge in [0.1, 0.15) is 6.33 Å². The van der Waals surface area contributed by atoms with Gasteiger partial charge in [-0.2, -0.15) is 5.10 Å². The molecule has 0 radical (unpaired) electrons. The van der Waals surface area contributed by atoms with E-state index in [1.807, 2.05) is 41.1 Å². The summed E-state index contributed by atoms with van der Waals surface area (Å²) in [6.45, 7) is 4.47. The lowest BCUT2D eigenvalue weighted by Crippen LogP contribution is -2.00. The zero-order valence-electron chi connectivity index (χ0n) is 11.1. The van der Waals surface area contributed by atoms with Gasteiger partial charge in [0, 0.05) is 5.56 Å². The van der Waals surface area contributed by atoms with E-state index in [1.54, 1.807) is 6.33 Å². The minimum absolute atomic E-state index is 0.720. The van der Waals surface area contributed by atoms with Gasteiger partial charge >= 0.3 is 0 Å². The minimum Gasteiger partial charge on any atom is -0.248 e. The lowest BCUT2D eigenvalue weighted by atomic mass is 10.1. The molecule has 20 heavy (non-hydrogen) atoms. The molecule has 0 fully saturated rings. The zero-order valence-corrected chi connectivity index (χ0v) is 11.1. The Balaban J connectivity index is 1.78. The lowest BCUT2D eigenvalue weighted by Gasteiger charge is -2.01. The van der Waals surface area contributed by atoms with Gasteiger partial charge in [-0.05, 0) is 11.1 Å². The molecular formula is C17H15N3. The molecule has 0 saturated heterocycles. The van der Waals surface area contributed by atoms with Crippen molar-refractivity contribution in [3.8, 4) is 11.4 Å². The molecule has 0 bridgehead atoms. The molecule has 0 saturated carbocycles. The van der Waals surface area contributed by atoms with Gasteiger partial charge in [0.25, 0.3) is 0 Å². The van der Waals surface area contributed by atoms with Crippen LogP contribution in [0.2, 0.25) is 0 Å². The Bertz CT molecular complexity index is 697. The summed E-state index contributed by atoms with van der Waals surface area (Å²) in [5, 5.41) is 4.50. The van der Waals surface area contributed by atoms with Gasteiger partial charge in [-0.1, -0.05) is 67.3 Å². The summed E-state index contributed by atoms with van der Waals surface area (Å²) in [4.78, 5) is 4.35. The van der Waals surface area contributed by atoms with Crippen LogP contribution < -0.4 is 0 Å². The smallest absolute Gasteiger partial charge is 0.181 e. The van der Waals surface area contributed by atoms with Crippen molar-refractivity contribution in [1.29, 1.82) is 0 Å². The van der Waals surface area contributed by atoms with Gasteiger partial charge < -0.3 is 0 Å². The molecule has 3 aromatic rings. The van der Waals surface area contributed by atoms with Crippen molar-refractivity contribution in [3.05, 3.63) is 78.6 Å². The maximum Gasteiger partial charge on any atom is 0.181 e. The Kier molecular flexibility index (Phi) is 3.42. The first-order valence-corrected chi connectivity index (χ1v) is 6.51. The molecular weight excluding hydrogens is 246 g/mol. The van der Waals surface area contributed by atoms with E-state index in [4.69, 9.17) is 0 Å². The van der Waals surface area contributed by atoms with Crippen molar-refractivity contribution in [2.24, 2.45) is 0 Å². The van der Waals surface area contributed by atoms with E-state index in [1.165, 1.54) is 5.56 Å². The Labute approximate surface area is 118 Å². The number of aromatic nitrogens is 3. The minimum atomic E-state index is 0.720. The molecule has 3 heteroatoms. The second-order valence-corrected chi connectivity index (χ2v) is 4.58. The Morgan fingerprint density at radius 3 is 2.45 bits per heavy atom. The van der Waals surface area contributed by atoms with Gasteiger partial charge in [0.15, 0.2) is 5.82 Å². The van der Waals surface area contributed by atoms with Crippen LogP contribution in [0.5, 0.6) is 0 Å². The second kappa shape index (κ2) is 5.53.